The number of carbonyl (C=O) groups excluding carboxylic acids is 2. The van der Waals surface area contributed by atoms with Crippen LogP contribution in [-0.4, -0.2) is 53.6 Å². The van der Waals surface area contributed by atoms with Gasteiger partial charge in [-0.05, 0) is 70.8 Å². The van der Waals surface area contributed by atoms with Crippen LogP contribution in [0.2, 0.25) is 0 Å². The zero-order chi connectivity index (χ0) is 30.0. The first-order valence-electron chi connectivity index (χ1n) is 13.6. The highest BCUT2D eigenvalue weighted by atomic mass is 32.2. The van der Waals surface area contributed by atoms with Crippen LogP contribution < -0.4 is 5.32 Å². The third kappa shape index (κ3) is 9.24. The van der Waals surface area contributed by atoms with Crippen LogP contribution in [0, 0.1) is 10.8 Å². The Morgan fingerprint density at radius 1 is 0.791 bits per heavy atom. The predicted octanol–water partition coefficient (Wildman–Crippen LogP) is 5.66. The molecule has 0 saturated carbocycles. The van der Waals surface area contributed by atoms with Crippen LogP contribution in [0.3, 0.4) is 0 Å². The van der Waals surface area contributed by atoms with Crippen LogP contribution in [0.25, 0.3) is 21.8 Å². The summed E-state index contributed by atoms with van der Waals surface area (Å²) < 4.78 is 0. The number of nitrogens with zero attached hydrogens (tertiary/aromatic N) is 4. The van der Waals surface area contributed by atoms with E-state index in [4.69, 9.17) is 10.8 Å². The van der Waals surface area contributed by atoms with Crippen LogP contribution in [-0.2, 0) is 35.3 Å². The number of hydrogen-bond acceptors (Lipinski definition) is 11. The van der Waals surface area contributed by atoms with Gasteiger partial charge >= 0.3 is 0 Å². The van der Waals surface area contributed by atoms with Crippen LogP contribution in [0.1, 0.15) is 27.6 Å². The highest BCUT2D eigenvalue weighted by Gasteiger charge is 2.12. The van der Waals surface area contributed by atoms with Crippen molar-refractivity contribution in [2.45, 2.75) is 32.1 Å². The van der Waals surface area contributed by atoms with E-state index < -0.39 is 0 Å². The number of Topliss-reactive ketones (excluding diaryl/α,β-unsaturated/α-hetero) is 1. The highest BCUT2D eigenvalue weighted by Crippen LogP contribution is 2.18. The number of fused-ring (bicyclic) bond motifs is 2. The second-order valence-corrected chi connectivity index (χ2v) is 13.2. The van der Waals surface area contributed by atoms with Crippen molar-refractivity contribution in [3.8, 4) is 0 Å². The number of amides is 1. The molecule has 3 heterocycles. The smallest absolute Gasteiger partial charge is 0.230 e. The average Bonchev–Trinajstić information content (AvgIpc) is 3.43. The van der Waals surface area contributed by atoms with E-state index in [1.165, 1.54) is 11.3 Å². The maximum Gasteiger partial charge on any atom is 0.230 e. The lowest BCUT2D eigenvalue weighted by molar-refractivity contribution is -0.119. The minimum absolute atomic E-state index is 0.0454. The molecule has 2 aromatic carbocycles. The summed E-state index contributed by atoms with van der Waals surface area (Å²) in [6.45, 7) is 0. The number of pyridine rings is 2. The predicted molar refractivity (Wildman–Crippen MR) is 176 cm³/mol. The Morgan fingerprint density at radius 3 is 2.14 bits per heavy atom. The van der Waals surface area contributed by atoms with Gasteiger partial charge in [-0.1, -0.05) is 24.3 Å². The van der Waals surface area contributed by atoms with E-state index in [1.807, 2.05) is 60.7 Å². The summed E-state index contributed by atoms with van der Waals surface area (Å²) in [5, 5.41) is 31.1. The van der Waals surface area contributed by atoms with Gasteiger partial charge in [0, 0.05) is 42.4 Å². The molecule has 5 aromatic rings. The van der Waals surface area contributed by atoms with Gasteiger partial charge in [0.2, 0.25) is 5.91 Å². The molecule has 0 aliphatic heterocycles. The van der Waals surface area contributed by atoms with Crippen molar-refractivity contribution in [1.29, 1.82) is 10.8 Å². The van der Waals surface area contributed by atoms with Crippen LogP contribution in [0.5, 0.6) is 0 Å². The van der Waals surface area contributed by atoms with Gasteiger partial charge in [0.05, 0.1) is 28.9 Å². The molecule has 0 atom stereocenters. The number of thioether (sulfide) groups is 2. The van der Waals surface area contributed by atoms with Gasteiger partial charge in [-0.2, -0.15) is 11.8 Å². The van der Waals surface area contributed by atoms with Gasteiger partial charge < -0.3 is 5.32 Å². The molecule has 218 valence electrons. The number of hydrogen-bond donors (Lipinski definition) is 3. The lowest BCUT2D eigenvalue weighted by Crippen LogP contribution is -2.29. The Labute approximate surface area is 261 Å². The Morgan fingerprint density at radius 2 is 1.44 bits per heavy atom. The first-order valence-corrected chi connectivity index (χ1v) is 16.4. The van der Waals surface area contributed by atoms with Crippen LogP contribution >= 0.6 is 34.9 Å². The number of nitrogens with one attached hydrogen (secondary N) is 3. The highest BCUT2D eigenvalue weighted by molar-refractivity contribution is 8.26. The Hall–Kier alpha value is -4.00. The maximum atomic E-state index is 12.6. The molecule has 0 bridgehead atoms. The lowest BCUT2D eigenvalue weighted by atomic mass is 10.0. The minimum Gasteiger partial charge on any atom is -0.305 e. The summed E-state index contributed by atoms with van der Waals surface area (Å²) in [4.78, 5) is 33.6. The number of ketones is 1. The van der Waals surface area contributed by atoms with Crippen molar-refractivity contribution < 1.29 is 9.59 Å². The molecule has 0 fully saturated rings. The number of aryl methyl sites for hydroxylation is 1. The summed E-state index contributed by atoms with van der Waals surface area (Å²) in [5.74, 6) is 1.36. The third-order valence-electron chi connectivity index (χ3n) is 6.37. The van der Waals surface area contributed by atoms with Crippen LogP contribution in [0.15, 0.2) is 73.1 Å². The van der Waals surface area contributed by atoms with E-state index in [1.54, 1.807) is 24.2 Å². The lowest BCUT2D eigenvalue weighted by Gasteiger charge is -2.08. The summed E-state index contributed by atoms with van der Waals surface area (Å²) in [6, 6.07) is 19.2. The largest absolute Gasteiger partial charge is 0.305 e. The van der Waals surface area contributed by atoms with E-state index in [0.29, 0.717) is 17.9 Å². The maximum absolute atomic E-state index is 12.6. The molecule has 1 amide bonds. The Bertz CT molecular complexity index is 1790. The standard InChI is InChI=1S/C31H29N7O2S3/c32-27(42-31(33)36-28(40)18-21-6-8-26-23(16-21)4-2-12-35-26)9-13-41-14-10-29-37-38-30(43-29)19-24(39)17-20-5-7-25-22(15-20)3-1-11-34-25/h1-8,11-12,15-16,32H,9-10,13-14,17-19H2,(H2,33,36,40). The van der Waals surface area contributed by atoms with E-state index >= 15 is 0 Å². The Balaban J connectivity index is 0.954. The molecular formula is C31H29N7O2S3. The second kappa shape index (κ2) is 14.9. The van der Waals surface area contributed by atoms with Crippen molar-refractivity contribution in [1.82, 2.24) is 25.5 Å². The molecule has 3 aromatic heterocycles. The zero-order valence-electron chi connectivity index (χ0n) is 23.2. The van der Waals surface area contributed by atoms with E-state index in [-0.39, 0.29) is 29.7 Å². The fourth-order valence-corrected chi connectivity index (χ4v) is 7.01. The molecule has 43 heavy (non-hydrogen) atoms. The van der Waals surface area contributed by atoms with Crippen molar-refractivity contribution in [3.05, 3.63) is 94.2 Å². The van der Waals surface area contributed by atoms with Crippen molar-refractivity contribution in [3.63, 3.8) is 0 Å². The molecular weight excluding hydrogens is 599 g/mol. The van der Waals surface area contributed by atoms with Crippen LogP contribution in [0.4, 0.5) is 0 Å². The molecule has 3 N–H and O–H groups in total. The number of aromatic nitrogens is 4. The summed E-state index contributed by atoms with van der Waals surface area (Å²) >= 11 is 4.13. The summed E-state index contributed by atoms with van der Waals surface area (Å²) in [7, 11) is 0. The fraction of sp³-hybridized carbons (Fsp3) is 0.226. The minimum atomic E-state index is -0.285. The molecule has 0 aliphatic carbocycles. The van der Waals surface area contributed by atoms with E-state index in [0.717, 1.165) is 72.6 Å². The topological polar surface area (TPSA) is 145 Å². The molecule has 9 nitrogen and oxygen atoms in total. The zero-order valence-corrected chi connectivity index (χ0v) is 25.7. The summed E-state index contributed by atoms with van der Waals surface area (Å²) in [5.41, 5.74) is 3.59. The number of amidine groups is 1. The molecule has 12 heteroatoms. The SMILES string of the molecule is N=C(CCSCCc1nnc(CC(=O)Cc2ccc3ncccc3c2)s1)SC(=N)NC(=O)Cc1ccc2ncccc2c1. The number of carbonyl (C=O) groups is 2. The van der Waals surface area contributed by atoms with Gasteiger partial charge in [-0.3, -0.25) is 30.4 Å². The van der Waals surface area contributed by atoms with Gasteiger partial charge in [-0.25, -0.2) is 0 Å². The first-order chi connectivity index (χ1) is 20.9. The molecule has 0 unspecified atom stereocenters. The normalized spacial score (nSPS) is 11.1. The number of benzene rings is 2. The monoisotopic (exact) mass is 627 g/mol. The van der Waals surface area contributed by atoms with Crippen molar-refractivity contribution in [2.75, 3.05) is 11.5 Å². The van der Waals surface area contributed by atoms with E-state index in [9.17, 15) is 9.59 Å². The van der Waals surface area contributed by atoms with Gasteiger partial charge in [0.15, 0.2) is 5.17 Å². The number of rotatable bonds is 12. The van der Waals surface area contributed by atoms with Gasteiger partial charge in [0.1, 0.15) is 15.8 Å². The molecule has 0 spiro atoms. The molecule has 0 radical (unpaired) electrons. The van der Waals surface area contributed by atoms with Crippen molar-refractivity contribution in [2.24, 2.45) is 0 Å². The van der Waals surface area contributed by atoms with Gasteiger partial charge in [-0.15, -0.1) is 21.5 Å². The fourth-order valence-electron chi connectivity index (χ4n) is 4.37. The average molecular weight is 628 g/mol. The second-order valence-electron chi connectivity index (χ2n) is 9.73. The first kappa shape index (κ1) is 30.5. The molecule has 5 rings (SSSR count). The van der Waals surface area contributed by atoms with Crippen molar-refractivity contribution >= 4 is 78.6 Å². The van der Waals surface area contributed by atoms with E-state index in [2.05, 4.69) is 25.5 Å². The third-order valence-corrected chi connectivity index (χ3v) is 9.10. The van der Waals surface area contributed by atoms with Gasteiger partial charge in [0.25, 0.3) is 0 Å². The summed E-state index contributed by atoms with van der Waals surface area (Å²) in [6.07, 6.45) is 5.51. The molecule has 0 aliphatic rings. The molecule has 0 saturated heterocycles. The Kier molecular flexibility index (Phi) is 10.6. The quantitative estimate of drug-likeness (QED) is 0.0913.